The molecule has 0 radical (unpaired) electrons. The molecule has 2 aliphatic rings. The van der Waals surface area contributed by atoms with Gasteiger partial charge >= 0.3 is 0 Å². The molecule has 3 rings (SSSR count). The van der Waals surface area contributed by atoms with Crippen molar-refractivity contribution in [2.75, 3.05) is 39.9 Å². The SMILES string of the molecule is CN1CCC2(CC1)OCCN2C(=O)COc1ccccc1. The van der Waals surface area contributed by atoms with E-state index in [0.717, 1.165) is 31.7 Å². The fourth-order valence-electron chi connectivity index (χ4n) is 3.08. The predicted octanol–water partition coefficient (Wildman–Crippen LogP) is 1.35. The minimum Gasteiger partial charge on any atom is -0.484 e. The number of carbonyl (C=O) groups excluding carboxylic acids is 1. The van der Waals surface area contributed by atoms with Crippen LogP contribution in [0.25, 0.3) is 0 Å². The molecule has 5 heteroatoms. The van der Waals surface area contributed by atoms with Gasteiger partial charge in [-0.2, -0.15) is 0 Å². The molecular formula is C16H22N2O3. The number of ether oxygens (including phenoxy) is 2. The summed E-state index contributed by atoms with van der Waals surface area (Å²) in [4.78, 5) is 16.6. The Bertz CT molecular complexity index is 484. The number of amides is 1. The van der Waals surface area contributed by atoms with Gasteiger partial charge in [-0.05, 0) is 19.2 Å². The Balaban J connectivity index is 1.61. The first-order chi connectivity index (χ1) is 10.2. The average molecular weight is 290 g/mol. The van der Waals surface area contributed by atoms with Crippen molar-refractivity contribution < 1.29 is 14.3 Å². The number of hydrogen-bond donors (Lipinski definition) is 0. The smallest absolute Gasteiger partial charge is 0.262 e. The second-order valence-electron chi connectivity index (χ2n) is 5.75. The highest BCUT2D eigenvalue weighted by molar-refractivity contribution is 5.78. The third-order valence-electron chi connectivity index (χ3n) is 4.35. The summed E-state index contributed by atoms with van der Waals surface area (Å²) in [5.74, 6) is 0.740. The molecule has 1 aromatic rings. The highest BCUT2D eigenvalue weighted by atomic mass is 16.5. The third kappa shape index (κ3) is 3.04. The number of rotatable bonds is 3. The van der Waals surface area contributed by atoms with Crippen molar-refractivity contribution in [2.45, 2.75) is 18.6 Å². The maximum atomic E-state index is 12.5. The largest absolute Gasteiger partial charge is 0.484 e. The molecule has 2 fully saturated rings. The summed E-state index contributed by atoms with van der Waals surface area (Å²) >= 11 is 0. The van der Waals surface area contributed by atoms with Crippen LogP contribution in [0.1, 0.15) is 12.8 Å². The van der Waals surface area contributed by atoms with E-state index in [4.69, 9.17) is 9.47 Å². The fourth-order valence-corrected chi connectivity index (χ4v) is 3.08. The molecule has 1 spiro atoms. The van der Waals surface area contributed by atoms with Crippen molar-refractivity contribution in [2.24, 2.45) is 0 Å². The zero-order valence-corrected chi connectivity index (χ0v) is 12.5. The van der Waals surface area contributed by atoms with Gasteiger partial charge in [0.2, 0.25) is 0 Å². The Hall–Kier alpha value is -1.59. The topological polar surface area (TPSA) is 42.0 Å². The molecule has 0 atom stereocenters. The number of para-hydroxylation sites is 1. The lowest BCUT2D eigenvalue weighted by Crippen LogP contribution is -2.55. The normalized spacial score (nSPS) is 21.7. The molecule has 114 valence electrons. The Labute approximate surface area is 125 Å². The van der Waals surface area contributed by atoms with E-state index in [2.05, 4.69) is 11.9 Å². The molecule has 0 aliphatic carbocycles. The van der Waals surface area contributed by atoms with Crippen molar-refractivity contribution in [3.8, 4) is 5.75 Å². The summed E-state index contributed by atoms with van der Waals surface area (Å²) < 4.78 is 11.5. The van der Waals surface area contributed by atoms with Crippen LogP contribution in [0.5, 0.6) is 5.75 Å². The van der Waals surface area contributed by atoms with E-state index in [1.165, 1.54) is 0 Å². The lowest BCUT2D eigenvalue weighted by atomic mass is 9.99. The van der Waals surface area contributed by atoms with Gasteiger partial charge in [0, 0.05) is 32.5 Å². The third-order valence-corrected chi connectivity index (χ3v) is 4.35. The van der Waals surface area contributed by atoms with E-state index < -0.39 is 5.72 Å². The Morgan fingerprint density at radius 1 is 1.24 bits per heavy atom. The molecule has 2 saturated heterocycles. The van der Waals surface area contributed by atoms with Crippen LogP contribution in [0, 0.1) is 0 Å². The van der Waals surface area contributed by atoms with Crippen LogP contribution in [-0.2, 0) is 9.53 Å². The predicted molar refractivity (Wildman–Crippen MR) is 79.1 cm³/mol. The molecule has 0 N–H and O–H groups in total. The Morgan fingerprint density at radius 3 is 2.67 bits per heavy atom. The van der Waals surface area contributed by atoms with Crippen LogP contribution in [0.2, 0.25) is 0 Å². The standard InChI is InChI=1S/C16H22N2O3/c1-17-9-7-16(8-10-17)18(11-12-21-16)15(19)13-20-14-5-3-2-4-6-14/h2-6H,7-13H2,1H3. The second kappa shape index (κ2) is 6.03. The summed E-state index contributed by atoms with van der Waals surface area (Å²) in [5, 5.41) is 0. The molecule has 2 heterocycles. The first-order valence-electron chi connectivity index (χ1n) is 7.50. The molecule has 0 aromatic heterocycles. The molecule has 0 unspecified atom stereocenters. The summed E-state index contributed by atoms with van der Waals surface area (Å²) in [5.41, 5.74) is -0.399. The van der Waals surface area contributed by atoms with Gasteiger partial charge in [0.15, 0.2) is 6.61 Å². The first kappa shape index (κ1) is 14.4. The minimum atomic E-state index is -0.399. The minimum absolute atomic E-state index is 0.0147. The summed E-state index contributed by atoms with van der Waals surface area (Å²) in [6.07, 6.45) is 1.75. The van der Waals surface area contributed by atoms with Crippen molar-refractivity contribution in [3.63, 3.8) is 0 Å². The van der Waals surface area contributed by atoms with Crippen molar-refractivity contribution in [3.05, 3.63) is 30.3 Å². The van der Waals surface area contributed by atoms with Crippen LogP contribution in [0.3, 0.4) is 0 Å². The molecule has 1 amide bonds. The number of benzene rings is 1. The van der Waals surface area contributed by atoms with Gasteiger partial charge in [-0.1, -0.05) is 18.2 Å². The summed E-state index contributed by atoms with van der Waals surface area (Å²) in [6.45, 7) is 3.29. The highest BCUT2D eigenvalue weighted by Crippen LogP contribution is 2.33. The first-order valence-corrected chi connectivity index (χ1v) is 7.50. The van der Waals surface area contributed by atoms with Gasteiger partial charge in [-0.3, -0.25) is 4.79 Å². The summed E-state index contributed by atoms with van der Waals surface area (Å²) in [7, 11) is 2.10. The number of likely N-dealkylation sites (tertiary alicyclic amines) is 1. The zero-order valence-electron chi connectivity index (χ0n) is 12.5. The van der Waals surface area contributed by atoms with E-state index >= 15 is 0 Å². The molecule has 1 aromatic carbocycles. The van der Waals surface area contributed by atoms with Crippen molar-refractivity contribution >= 4 is 5.91 Å². The number of carbonyl (C=O) groups is 1. The Kier molecular flexibility index (Phi) is 4.12. The number of hydrogen-bond acceptors (Lipinski definition) is 4. The average Bonchev–Trinajstić information content (AvgIpc) is 2.93. The monoisotopic (exact) mass is 290 g/mol. The van der Waals surface area contributed by atoms with Crippen LogP contribution >= 0.6 is 0 Å². The lowest BCUT2D eigenvalue weighted by molar-refractivity contribution is -0.159. The molecule has 5 nitrogen and oxygen atoms in total. The quantitative estimate of drug-likeness (QED) is 0.842. The fraction of sp³-hybridized carbons (Fsp3) is 0.562. The summed E-state index contributed by atoms with van der Waals surface area (Å²) in [6, 6.07) is 9.45. The highest BCUT2D eigenvalue weighted by Gasteiger charge is 2.46. The van der Waals surface area contributed by atoms with E-state index in [0.29, 0.717) is 13.2 Å². The maximum Gasteiger partial charge on any atom is 0.262 e. The van der Waals surface area contributed by atoms with Gasteiger partial charge in [-0.15, -0.1) is 0 Å². The van der Waals surface area contributed by atoms with Crippen LogP contribution < -0.4 is 4.74 Å². The van der Waals surface area contributed by atoms with E-state index in [-0.39, 0.29) is 12.5 Å². The number of nitrogens with zero attached hydrogens (tertiary/aromatic N) is 2. The van der Waals surface area contributed by atoms with Crippen molar-refractivity contribution in [1.82, 2.24) is 9.80 Å². The van der Waals surface area contributed by atoms with Gasteiger partial charge < -0.3 is 19.3 Å². The molecular weight excluding hydrogens is 268 g/mol. The maximum absolute atomic E-state index is 12.5. The lowest BCUT2D eigenvalue weighted by Gasteiger charge is -2.42. The number of piperidine rings is 1. The van der Waals surface area contributed by atoms with Gasteiger partial charge in [0.25, 0.3) is 5.91 Å². The zero-order chi connectivity index (χ0) is 14.7. The van der Waals surface area contributed by atoms with Gasteiger partial charge in [-0.25, -0.2) is 0 Å². The second-order valence-corrected chi connectivity index (χ2v) is 5.75. The van der Waals surface area contributed by atoms with Gasteiger partial charge in [0.05, 0.1) is 6.61 Å². The molecule has 21 heavy (non-hydrogen) atoms. The van der Waals surface area contributed by atoms with E-state index in [9.17, 15) is 4.79 Å². The molecule has 0 saturated carbocycles. The Morgan fingerprint density at radius 2 is 1.95 bits per heavy atom. The van der Waals surface area contributed by atoms with Crippen LogP contribution in [-0.4, -0.2) is 61.3 Å². The molecule has 2 aliphatic heterocycles. The van der Waals surface area contributed by atoms with Crippen LogP contribution in [0.15, 0.2) is 30.3 Å². The van der Waals surface area contributed by atoms with Crippen LogP contribution in [0.4, 0.5) is 0 Å². The van der Waals surface area contributed by atoms with Crippen molar-refractivity contribution in [1.29, 1.82) is 0 Å². The molecule has 0 bridgehead atoms. The van der Waals surface area contributed by atoms with E-state index in [1.807, 2.05) is 35.2 Å². The van der Waals surface area contributed by atoms with Gasteiger partial charge in [0.1, 0.15) is 11.5 Å². The van der Waals surface area contributed by atoms with E-state index in [1.54, 1.807) is 0 Å².